The summed E-state index contributed by atoms with van der Waals surface area (Å²) in [6, 6.07) is 15.2. The number of carbonyl (C=O) groups is 2. The molecule has 3 rings (SSSR count). The summed E-state index contributed by atoms with van der Waals surface area (Å²) >= 11 is 0. The van der Waals surface area contributed by atoms with Gasteiger partial charge in [0, 0.05) is 24.0 Å². The average Bonchev–Trinajstić information content (AvgIpc) is 2.67. The molecule has 27 heavy (non-hydrogen) atoms. The van der Waals surface area contributed by atoms with Gasteiger partial charge in [-0.25, -0.2) is 0 Å². The summed E-state index contributed by atoms with van der Waals surface area (Å²) < 4.78 is 0. The van der Waals surface area contributed by atoms with Crippen molar-refractivity contribution in [1.82, 2.24) is 0 Å². The zero-order chi connectivity index (χ0) is 19.4. The van der Waals surface area contributed by atoms with E-state index < -0.39 is 0 Å². The van der Waals surface area contributed by atoms with E-state index in [-0.39, 0.29) is 11.8 Å². The molecule has 0 radical (unpaired) electrons. The zero-order valence-corrected chi connectivity index (χ0v) is 15.2. The molecule has 6 heteroatoms. The Bertz CT molecular complexity index is 905. The SMILES string of the molecule is NC(=O)CCCCC(=O)N1Cc2ccccc2/C(N)=C(/N)c2ccccc21. The Balaban J connectivity index is 1.97. The molecule has 0 aliphatic carbocycles. The number of nitrogens with two attached hydrogens (primary N) is 3. The van der Waals surface area contributed by atoms with Gasteiger partial charge in [-0.1, -0.05) is 42.5 Å². The fraction of sp³-hybridized carbons (Fsp3) is 0.238. The summed E-state index contributed by atoms with van der Waals surface area (Å²) in [5.41, 5.74) is 22.1. The highest BCUT2D eigenvalue weighted by molar-refractivity contribution is 6.00. The normalized spacial score (nSPS) is 16.1. The number of primary amides is 1. The lowest BCUT2D eigenvalue weighted by atomic mass is 9.96. The van der Waals surface area contributed by atoms with E-state index in [9.17, 15) is 9.59 Å². The Morgan fingerprint density at radius 3 is 2.19 bits per heavy atom. The van der Waals surface area contributed by atoms with E-state index in [4.69, 9.17) is 17.2 Å². The molecule has 2 aromatic carbocycles. The monoisotopic (exact) mass is 364 g/mol. The highest BCUT2D eigenvalue weighted by atomic mass is 16.2. The van der Waals surface area contributed by atoms with Crippen LogP contribution in [-0.2, 0) is 16.1 Å². The number of hydrogen-bond donors (Lipinski definition) is 3. The molecule has 0 unspecified atom stereocenters. The maximum atomic E-state index is 13.0. The van der Waals surface area contributed by atoms with E-state index in [0.717, 1.165) is 22.4 Å². The summed E-state index contributed by atoms with van der Waals surface area (Å²) in [4.78, 5) is 25.6. The first-order valence-corrected chi connectivity index (χ1v) is 9.00. The van der Waals surface area contributed by atoms with E-state index in [1.54, 1.807) is 4.90 Å². The van der Waals surface area contributed by atoms with Crippen molar-refractivity contribution in [2.75, 3.05) is 4.90 Å². The maximum Gasteiger partial charge on any atom is 0.227 e. The highest BCUT2D eigenvalue weighted by Gasteiger charge is 2.24. The lowest BCUT2D eigenvalue weighted by Crippen LogP contribution is -2.33. The van der Waals surface area contributed by atoms with Gasteiger partial charge >= 0.3 is 0 Å². The lowest BCUT2D eigenvalue weighted by Gasteiger charge is -2.29. The number of hydrogen-bond acceptors (Lipinski definition) is 4. The quantitative estimate of drug-likeness (QED) is 0.706. The van der Waals surface area contributed by atoms with Crippen LogP contribution in [0.4, 0.5) is 5.69 Å². The third-order valence-electron chi connectivity index (χ3n) is 4.78. The van der Waals surface area contributed by atoms with Crippen LogP contribution in [0.2, 0.25) is 0 Å². The molecular formula is C21H24N4O2. The number of benzene rings is 2. The highest BCUT2D eigenvalue weighted by Crippen LogP contribution is 2.34. The molecule has 0 bridgehead atoms. The largest absolute Gasteiger partial charge is 0.397 e. The van der Waals surface area contributed by atoms with Gasteiger partial charge in [0.15, 0.2) is 0 Å². The number of fused-ring (bicyclic) bond motifs is 2. The van der Waals surface area contributed by atoms with Gasteiger partial charge in [-0.05, 0) is 24.5 Å². The third kappa shape index (κ3) is 3.95. The molecule has 0 atom stereocenters. The molecule has 0 spiro atoms. The van der Waals surface area contributed by atoms with Gasteiger partial charge in [0.25, 0.3) is 0 Å². The maximum absolute atomic E-state index is 13.0. The lowest BCUT2D eigenvalue weighted by molar-refractivity contribution is -0.120. The Morgan fingerprint density at radius 1 is 0.852 bits per heavy atom. The van der Waals surface area contributed by atoms with Crippen LogP contribution in [-0.4, -0.2) is 11.8 Å². The van der Waals surface area contributed by atoms with Gasteiger partial charge in [0.1, 0.15) is 0 Å². The Labute approximate surface area is 158 Å². The molecule has 140 valence electrons. The van der Waals surface area contributed by atoms with Gasteiger partial charge < -0.3 is 22.1 Å². The average molecular weight is 364 g/mol. The topological polar surface area (TPSA) is 115 Å². The molecule has 2 amide bonds. The first-order chi connectivity index (χ1) is 13.0. The number of para-hydroxylation sites is 1. The number of amides is 2. The molecule has 1 heterocycles. The second-order valence-corrected chi connectivity index (χ2v) is 6.65. The van der Waals surface area contributed by atoms with E-state index in [0.29, 0.717) is 43.6 Å². The molecular weight excluding hydrogens is 340 g/mol. The molecule has 0 saturated heterocycles. The van der Waals surface area contributed by atoms with Crippen molar-refractivity contribution in [3.05, 3.63) is 65.2 Å². The van der Waals surface area contributed by atoms with Crippen LogP contribution in [0.3, 0.4) is 0 Å². The predicted molar refractivity (Wildman–Crippen MR) is 107 cm³/mol. The van der Waals surface area contributed by atoms with Gasteiger partial charge in [0.05, 0.1) is 23.6 Å². The standard InChI is InChI=1S/C21H24N4O2/c22-18(26)11-5-6-12-19(27)25-13-14-7-1-2-8-15(14)20(23)21(24)16-9-3-4-10-17(16)25/h1-4,7-10H,5-6,11-13,23-24H2,(H2,22,26)/b21-20-. The predicted octanol–water partition coefficient (Wildman–Crippen LogP) is 2.32. The molecule has 0 fully saturated rings. The second-order valence-electron chi connectivity index (χ2n) is 6.65. The van der Waals surface area contributed by atoms with Crippen LogP contribution < -0.4 is 22.1 Å². The van der Waals surface area contributed by atoms with Crippen LogP contribution in [0.1, 0.15) is 42.4 Å². The number of carbonyl (C=O) groups excluding carboxylic acids is 2. The number of unbranched alkanes of at least 4 members (excludes halogenated alkanes) is 1. The molecule has 6 N–H and O–H groups in total. The van der Waals surface area contributed by atoms with Crippen LogP contribution in [0.5, 0.6) is 0 Å². The van der Waals surface area contributed by atoms with Crippen LogP contribution in [0, 0.1) is 0 Å². The number of rotatable bonds is 5. The molecule has 0 aromatic heterocycles. The minimum atomic E-state index is -0.346. The van der Waals surface area contributed by atoms with Crippen molar-refractivity contribution in [3.8, 4) is 0 Å². The third-order valence-corrected chi connectivity index (χ3v) is 4.78. The fourth-order valence-electron chi connectivity index (χ4n) is 3.34. The minimum Gasteiger partial charge on any atom is -0.397 e. The van der Waals surface area contributed by atoms with Gasteiger partial charge in [-0.3, -0.25) is 9.59 Å². The molecule has 1 aliphatic heterocycles. The van der Waals surface area contributed by atoms with Crippen molar-refractivity contribution >= 4 is 28.9 Å². The fourth-order valence-corrected chi connectivity index (χ4v) is 3.34. The van der Waals surface area contributed by atoms with Gasteiger partial charge in [-0.2, -0.15) is 0 Å². The molecule has 1 aliphatic rings. The van der Waals surface area contributed by atoms with Crippen molar-refractivity contribution < 1.29 is 9.59 Å². The van der Waals surface area contributed by atoms with Crippen molar-refractivity contribution in [2.24, 2.45) is 17.2 Å². The first-order valence-electron chi connectivity index (χ1n) is 9.00. The van der Waals surface area contributed by atoms with Crippen molar-refractivity contribution in [1.29, 1.82) is 0 Å². The summed E-state index contributed by atoms with van der Waals surface area (Å²) in [6.07, 6.45) is 1.83. The van der Waals surface area contributed by atoms with Gasteiger partial charge in [0.2, 0.25) is 11.8 Å². The van der Waals surface area contributed by atoms with Crippen LogP contribution >= 0.6 is 0 Å². The second kappa shape index (κ2) is 7.95. The summed E-state index contributed by atoms with van der Waals surface area (Å²) in [5.74, 6) is -0.364. The Hall–Kier alpha value is -3.28. The van der Waals surface area contributed by atoms with Crippen molar-refractivity contribution in [3.63, 3.8) is 0 Å². The van der Waals surface area contributed by atoms with Crippen LogP contribution in [0.15, 0.2) is 48.5 Å². The Kier molecular flexibility index (Phi) is 5.45. The zero-order valence-electron chi connectivity index (χ0n) is 15.2. The number of nitrogens with zero attached hydrogens (tertiary/aromatic N) is 1. The van der Waals surface area contributed by atoms with Gasteiger partial charge in [-0.15, -0.1) is 0 Å². The van der Waals surface area contributed by atoms with Crippen LogP contribution in [0.25, 0.3) is 11.4 Å². The van der Waals surface area contributed by atoms with E-state index >= 15 is 0 Å². The first kappa shape index (κ1) is 18.5. The molecule has 2 aromatic rings. The summed E-state index contributed by atoms with van der Waals surface area (Å²) in [7, 11) is 0. The van der Waals surface area contributed by atoms with E-state index in [2.05, 4.69) is 0 Å². The smallest absolute Gasteiger partial charge is 0.227 e. The summed E-state index contributed by atoms with van der Waals surface area (Å²) in [6.45, 7) is 0.413. The summed E-state index contributed by atoms with van der Waals surface area (Å²) in [5, 5.41) is 0. The molecule has 6 nitrogen and oxygen atoms in total. The Morgan fingerprint density at radius 2 is 1.44 bits per heavy atom. The minimum absolute atomic E-state index is 0.0185. The van der Waals surface area contributed by atoms with E-state index in [1.165, 1.54) is 0 Å². The molecule has 0 saturated carbocycles. The number of anilines is 1. The van der Waals surface area contributed by atoms with E-state index in [1.807, 2.05) is 48.5 Å². The van der Waals surface area contributed by atoms with Crippen molar-refractivity contribution in [2.45, 2.75) is 32.2 Å².